The summed E-state index contributed by atoms with van der Waals surface area (Å²) in [6, 6.07) is 0.0579. The average molecular weight is 269 g/mol. The number of carbonyl (C=O) groups is 2. The molecule has 0 aromatic heterocycles. The van der Waals surface area contributed by atoms with Crippen molar-refractivity contribution in [2.75, 3.05) is 6.54 Å². The molecule has 1 aliphatic heterocycles. The van der Waals surface area contributed by atoms with Crippen LogP contribution in [0.2, 0.25) is 0 Å². The first-order valence-electron chi connectivity index (χ1n) is 7.17. The summed E-state index contributed by atoms with van der Waals surface area (Å²) in [5.74, 6) is 0.556. The largest absolute Gasteiger partial charge is 0.444 e. The number of hydrogen-bond acceptors (Lipinski definition) is 3. The first-order valence-corrected chi connectivity index (χ1v) is 7.17. The molecule has 1 saturated heterocycles. The van der Waals surface area contributed by atoms with Crippen LogP contribution in [0.15, 0.2) is 0 Å². The zero-order valence-corrected chi connectivity index (χ0v) is 13.0. The normalized spacial score (nSPS) is 28.1. The Hall–Kier alpha value is -1.06. The molecule has 0 aliphatic carbocycles. The Morgan fingerprint density at radius 3 is 2.32 bits per heavy atom. The van der Waals surface area contributed by atoms with E-state index in [1.807, 2.05) is 27.7 Å². The van der Waals surface area contributed by atoms with Crippen molar-refractivity contribution < 1.29 is 14.3 Å². The fourth-order valence-electron chi connectivity index (χ4n) is 2.97. The molecule has 1 aliphatic rings. The molecule has 0 aromatic carbocycles. The van der Waals surface area contributed by atoms with Gasteiger partial charge >= 0.3 is 6.09 Å². The van der Waals surface area contributed by atoms with Crippen molar-refractivity contribution in [1.82, 2.24) is 4.90 Å². The minimum absolute atomic E-state index is 0.0579. The van der Waals surface area contributed by atoms with Crippen molar-refractivity contribution in [2.24, 2.45) is 11.8 Å². The third-order valence-corrected chi connectivity index (χ3v) is 3.93. The molecule has 1 heterocycles. The Morgan fingerprint density at radius 1 is 1.32 bits per heavy atom. The minimum atomic E-state index is -0.476. The molecule has 110 valence electrons. The Balaban J connectivity index is 2.79. The number of nitrogens with zero attached hydrogens (tertiary/aromatic N) is 1. The van der Waals surface area contributed by atoms with Gasteiger partial charge in [0.15, 0.2) is 0 Å². The van der Waals surface area contributed by atoms with Crippen molar-refractivity contribution in [2.45, 2.75) is 66.0 Å². The van der Waals surface area contributed by atoms with Crippen LogP contribution in [0.4, 0.5) is 4.79 Å². The topological polar surface area (TPSA) is 46.6 Å². The minimum Gasteiger partial charge on any atom is -0.444 e. The van der Waals surface area contributed by atoms with Gasteiger partial charge in [-0.15, -0.1) is 0 Å². The van der Waals surface area contributed by atoms with E-state index in [0.29, 0.717) is 6.54 Å². The van der Waals surface area contributed by atoms with Crippen LogP contribution in [0.1, 0.15) is 54.4 Å². The van der Waals surface area contributed by atoms with E-state index in [-0.39, 0.29) is 29.8 Å². The SMILES string of the molecule is CCC1C(C(C)=O)CCN(C(=O)OC(C)(C)C)C1C. The van der Waals surface area contributed by atoms with E-state index < -0.39 is 5.60 Å². The van der Waals surface area contributed by atoms with Gasteiger partial charge in [0.1, 0.15) is 11.4 Å². The Morgan fingerprint density at radius 2 is 1.89 bits per heavy atom. The van der Waals surface area contributed by atoms with Crippen LogP contribution >= 0.6 is 0 Å². The van der Waals surface area contributed by atoms with Gasteiger partial charge in [-0.05, 0) is 47.0 Å². The number of hydrogen-bond donors (Lipinski definition) is 0. The quantitative estimate of drug-likeness (QED) is 0.773. The van der Waals surface area contributed by atoms with Gasteiger partial charge in [-0.2, -0.15) is 0 Å². The van der Waals surface area contributed by atoms with Crippen molar-refractivity contribution in [1.29, 1.82) is 0 Å². The molecular formula is C15H27NO3. The second-order valence-corrected chi connectivity index (χ2v) is 6.49. The molecule has 1 amide bonds. The summed E-state index contributed by atoms with van der Waals surface area (Å²) in [7, 11) is 0. The molecule has 4 heteroatoms. The van der Waals surface area contributed by atoms with Crippen molar-refractivity contribution >= 4 is 11.9 Å². The first kappa shape index (κ1) is 16.0. The predicted molar refractivity (Wildman–Crippen MR) is 75.0 cm³/mol. The van der Waals surface area contributed by atoms with Gasteiger partial charge in [0, 0.05) is 18.5 Å². The van der Waals surface area contributed by atoms with E-state index in [4.69, 9.17) is 4.74 Å². The molecule has 4 nitrogen and oxygen atoms in total. The molecule has 0 N–H and O–H groups in total. The highest BCUT2D eigenvalue weighted by Crippen LogP contribution is 2.33. The van der Waals surface area contributed by atoms with E-state index in [9.17, 15) is 9.59 Å². The van der Waals surface area contributed by atoms with Crippen LogP contribution in [0.5, 0.6) is 0 Å². The Kier molecular flexibility index (Phi) is 4.99. The Bertz CT molecular complexity index is 346. The van der Waals surface area contributed by atoms with E-state index in [0.717, 1.165) is 12.8 Å². The maximum atomic E-state index is 12.2. The lowest BCUT2D eigenvalue weighted by Crippen LogP contribution is -2.52. The summed E-state index contributed by atoms with van der Waals surface area (Å²) in [4.78, 5) is 25.6. The van der Waals surface area contributed by atoms with E-state index in [1.54, 1.807) is 11.8 Å². The molecule has 0 radical (unpaired) electrons. The number of ether oxygens (including phenoxy) is 1. The van der Waals surface area contributed by atoms with E-state index in [1.165, 1.54) is 0 Å². The number of rotatable bonds is 2. The number of amides is 1. The summed E-state index contributed by atoms with van der Waals surface area (Å²) in [6.45, 7) is 12.0. The number of carbonyl (C=O) groups excluding carboxylic acids is 2. The molecule has 1 rings (SSSR count). The van der Waals surface area contributed by atoms with Gasteiger partial charge in [0.05, 0.1) is 0 Å². The summed E-state index contributed by atoms with van der Waals surface area (Å²) in [5.41, 5.74) is -0.476. The van der Waals surface area contributed by atoms with Gasteiger partial charge in [-0.3, -0.25) is 4.79 Å². The maximum absolute atomic E-state index is 12.2. The molecule has 0 saturated carbocycles. The van der Waals surface area contributed by atoms with Crippen LogP contribution < -0.4 is 0 Å². The van der Waals surface area contributed by atoms with Gasteiger partial charge < -0.3 is 9.64 Å². The zero-order chi connectivity index (χ0) is 14.8. The zero-order valence-electron chi connectivity index (χ0n) is 13.0. The van der Waals surface area contributed by atoms with Crippen LogP contribution in [0.3, 0.4) is 0 Å². The molecule has 3 atom stereocenters. The number of likely N-dealkylation sites (tertiary alicyclic amines) is 1. The summed E-state index contributed by atoms with van der Waals surface area (Å²) >= 11 is 0. The van der Waals surface area contributed by atoms with Crippen molar-refractivity contribution in [3.63, 3.8) is 0 Å². The predicted octanol–water partition coefficient (Wildman–Crippen LogP) is 3.25. The molecule has 19 heavy (non-hydrogen) atoms. The molecule has 0 spiro atoms. The highest BCUT2D eigenvalue weighted by molar-refractivity contribution is 5.79. The molecule has 3 unspecified atom stereocenters. The molecule has 1 fully saturated rings. The van der Waals surface area contributed by atoms with Crippen LogP contribution in [-0.2, 0) is 9.53 Å². The van der Waals surface area contributed by atoms with Crippen LogP contribution in [-0.4, -0.2) is 35.0 Å². The van der Waals surface area contributed by atoms with Gasteiger partial charge in [0.2, 0.25) is 0 Å². The van der Waals surface area contributed by atoms with Crippen molar-refractivity contribution in [3.05, 3.63) is 0 Å². The van der Waals surface area contributed by atoms with Crippen LogP contribution in [0, 0.1) is 11.8 Å². The van der Waals surface area contributed by atoms with Gasteiger partial charge in [-0.1, -0.05) is 13.3 Å². The molecule has 0 bridgehead atoms. The summed E-state index contributed by atoms with van der Waals surface area (Å²) < 4.78 is 5.44. The molecule has 0 aromatic rings. The van der Waals surface area contributed by atoms with Crippen molar-refractivity contribution in [3.8, 4) is 0 Å². The highest BCUT2D eigenvalue weighted by atomic mass is 16.6. The first-order chi connectivity index (χ1) is 8.67. The number of piperidine rings is 1. The molecular weight excluding hydrogens is 242 g/mol. The van der Waals surface area contributed by atoms with E-state index >= 15 is 0 Å². The highest BCUT2D eigenvalue weighted by Gasteiger charge is 2.39. The Labute approximate surface area is 116 Å². The summed E-state index contributed by atoms with van der Waals surface area (Å²) in [6.07, 6.45) is 1.39. The monoisotopic (exact) mass is 269 g/mol. The fraction of sp³-hybridized carbons (Fsp3) is 0.867. The second kappa shape index (κ2) is 5.93. The number of ketones is 1. The maximum Gasteiger partial charge on any atom is 0.410 e. The smallest absolute Gasteiger partial charge is 0.410 e. The lowest BCUT2D eigenvalue weighted by molar-refractivity contribution is -0.125. The van der Waals surface area contributed by atoms with Gasteiger partial charge in [-0.25, -0.2) is 4.79 Å². The lowest BCUT2D eigenvalue weighted by atomic mass is 9.77. The van der Waals surface area contributed by atoms with Crippen LogP contribution in [0.25, 0.3) is 0 Å². The second-order valence-electron chi connectivity index (χ2n) is 6.49. The third kappa shape index (κ3) is 3.95. The average Bonchev–Trinajstić information content (AvgIpc) is 2.25. The summed E-state index contributed by atoms with van der Waals surface area (Å²) in [5, 5.41) is 0. The lowest BCUT2D eigenvalue weighted by Gasteiger charge is -2.43. The van der Waals surface area contributed by atoms with E-state index in [2.05, 4.69) is 6.92 Å². The third-order valence-electron chi connectivity index (χ3n) is 3.93. The fourth-order valence-corrected chi connectivity index (χ4v) is 2.97. The van der Waals surface area contributed by atoms with Gasteiger partial charge in [0.25, 0.3) is 0 Å². The standard InChI is InChI=1S/C15H27NO3/c1-7-12-10(2)16(9-8-13(12)11(3)17)14(18)19-15(4,5)6/h10,12-13H,7-9H2,1-6H3. The number of Topliss-reactive ketones (excluding diaryl/α,β-unsaturated/α-hetero) is 1.